The van der Waals surface area contributed by atoms with E-state index in [2.05, 4.69) is 17.0 Å². The van der Waals surface area contributed by atoms with Crippen LogP contribution in [0, 0.1) is 6.07 Å². The Kier molecular flexibility index (Phi) is 4.23. The van der Waals surface area contributed by atoms with E-state index in [1.165, 1.54) is 44.5 Å². The summed E-state index contributed by atoms with van der Waals surface area (Å²) in [4.78, 5) is 2.56. The lowest BCUT2D eigenvalue weighted by Crippen LogP contribution is -2.20. The van der Waals surface area contributed by atoms with Gasteiger partial charge in [-0.3, -0.25) is 0 Å². The Hall–Kier alpha value is -1.02. The normalized spacial score (nSPS) is 16.6. The third-order valence-corrected chi connectivity index (χ3v) is 3.25. The third kappa shape index (κ3) is 2.99. The van der Waals surface area contributed by atoms with Crippen LogP contribution in [-0.2, 0) is 6.42 Å². The van der Waals surface area contributed by atoms with Crippen LogP contribution in [0.15, 0.2) is 18.2 Å². The zero-order chi connectivity index (χ0) is 11.2. The van der Waals surface area contributed by atoms with Crippen LogP contribution in [-0.4, -0.2) is 31.6 Å². The van der Waals surface area contributed by atoms with Gasteiger partial charge in [0.1, 0.15) is 5.75 Å². The lowest BCUT2D eigenvalue weighted by Gasteiger charge is -2.14. The van der Waals surface area contributed by atoms with Gasteiger partial charge < -0.3 is 9.64 Å². The molecule has 2 heteroatoms. The molecule has 1 saturated heterocycles. The smallest absolute Gasteiger partial charge is 0.122 e. The van der Waals surface area contributed by atoms with Crippen molar-refractivity contribution in [2.75, 3.05) is 26.7 Å². The van der Waals surface area contributed by atoms with E-state index >= 15 is 0 Å². The number of likely N-dealkylation sites (tertiary alicyclic amines) is 1. The highest BCUT2D eigenvalue weighted by Crippen LogP contribution is 2.19. The zero-order valence-corrected chi connectivity index (χ0v) is 10.0. The summed E-state index contributed by atoms with van der Waals surface area (Å²) in [6, 6.07) is 9.05. The predicted molar refractivity (Wildman–Crippen MR) is 65.8 cm³/mol. The van der Waals surface area contributed by atoms with Gasteiger partial charge in [-0.25, -0.2) is 0 Å². The molecule has 2 rings (SSSR count). The molecule has 0 saturated carbocycles. The molecule has 1 heterocycles. The molecule has 0 spiro atoms. The highest BCUT2D eigenvalue weighted by molar-refractivity contribution is 5.32. The monoisotopic (exact) mass is 218 g/mol. The van der Waals surface area contributed by atoms with Crippen LogP contribution in [0.25, 0.3) is 0 Å². The van der Waals surface area contributed by atoms with E-state index in [9.17, 15) is 0 Å². The molecule has 1 aliphatic rings. The zero-order valence-electron chi connectivity index (χ0n) is 10.0. The molecular formula is C14H20NO. The molecule has 0 atom stereocenters. The molecule has 1 radical (unpaired) electrons. The fourth-order valence-corrected chi connectivity index (χ4v) is 2.34. The van der Waals surface area contributed by atoms with E-state index in [1.807, 2.05) is 12.1 Å². The van der Waals surface area contributed by atoms with Crippen molar-refractivity contribution in [3.05, 3.63) is 29.8 Å². The Morgan fingerprint density at radius 1 is 1.38 bits per heavy atom. The van der Waals surface area contributed by atoms with Gasteiger partial charge in [-0.1, -0.05) is 12.1 Å². The quantitative estimate of drug-likeness (QED) is 0.753. The number of aryl methyl sites for hydroxylation is 1. The van der Waals surface area contributed by atoms with E-state index in [1.54, 1.807) is 7.11 Å². The second-order valence-electron chi connectivity index (χ2n) is 4.39. The first-order chi connectivity index (χ1) is 7.90. The molecule has 1 aliphatic heterocycles. The largest absolute Gasteiger partial charge is 0.496 e. The molecule has 1 fully saturated rings. The van der Waals surface area contributed by atoms with Crippen molar-refractivity contribution in [1.29, 1.82) is 0 Å². The molecule has 1 aromatic carbocycles. The second kappa shape index (κ2) is 5.90. The average Bonchev–Trinajstić information content (AvgIpc) is 2.83. The topological polar surface area (TPSA) is 12.5 Å². The number of hydrogen-bond acceptors (Lipinski definition) is 2. The van der Waals surface area contributed by atoms with Crippen molar-refractivity contribution in [1.82, 2.24) is 4.90 Å². The first kappa shape index (κ1) is 11.5. The number of hydrogen-bond donors (Lipinski definition) is 0. The minimum Gasteiger partial charge on any atom is -0.496 e. The SMILES string of the molecule is COc1c[c]ccc1CCCN1CCCC1. The highest BCUT2D eigenvalue weighted by atomic mass is 16.5. The number of rotatable bonds is 5. The molecule has 16 heavy (non-hydrogen) atoms. The fraction of sp³-hybridized carbons (Fsp3) is 0.571. The van der Waals surface area contributed by atoms with E-state index < -0.39 is 0 Å². The Morgan fingerprint density at radius 3 is 2.94 bits per heavy atom. The first-order valence-electron chi connectivity index (χ1n) is 6.15. The summed E-state index contributed by atoms with van der Waals surface area (Å²) in [5.41, 5.74) is 1.31. The molecule has 1 aromatic rings. The summed E-state index contributed by atoms with van der Waals surface area (Å²) in [6.45, 7) is 3.81. The number of benzene rings is 1. The maximum atomic E-state index is 5.32. The van der Waals surface area contributed by atoms with Crippen LogP contribution >= 0.6 is 0 Å². The minimum absolute atomic E-state index is 0.976. The van der Waals surface area contributed by atoms with Crippen molar-refractivity contribution < 1.29 is 4.74 Å². The molecule has 0 N–H and O–H groups in total. The Bertz CT molecular complexity index is 318. The molecule has 0 aliphatic carbocycles. The maximum absolute atomic E-state index is 5.32. The standard InChI is InChI=1S/C14H20NO/c1-16-14-9-3-2-7-13(14)8-6-12-15-10-4-5-11-15/h2,7,9H,4-6,8,10-12H2,1H3. The first-order valence-corrected chi connectivity index (χ1v) is 6.15. The Balaban J connectivity index is 1.79. The van der Waals surface area contributed by atoms with Crippen LogP contribution in [0.3, 0.4) is 0 Å². The van der Waals surface area contributed by atoms with Crippen molar-refractivity contribution in [3.8, 4) is 5.75 Å². The van der Waals surface area contributed by atoms with Gasteiger partial charge in [0.15, 0.2) is 0 Å². The van der Waals surface area contributed by atoms with Crippen molar-refractivity contribution in [2.45, 2.75) is 25.7 Å². The minimum atomic E-state index is 0.976. The van der Waals surface area contributed by atoms with Crippen LogP contribution in [0.2, 0.25) is 0 Å². The lowest BCUT2D eigenvalue weighted by molar-refractivity contribution is 0.332. The molecule has 87 valence electrons. The van der Waals surface area contributed by atoms with Crippen molar-refractivity contribution in [3.63, 3.8) is 0 Å². The number of ether oxygens (including phenoxy) is 1. The van der Waals surface area contributed by atoms with Gasteiger partial charge in [0, 0.05) is 0 Å². The summed E-state index contributed by atoms with van der Waals surface area (Å²) in [5, 5.41) is 0. The fourth-order valence-electron chi connectivity index (χ4n) is 2.34. The number of nitrogens with zero attached hydrogens (tertiary/aromatic N) is 1. The Morgan fingerprint density at radius 2 is 2.19 bits per heavy atom. The van der Waals surface area contributed by atoms with Gasteiger partial charge in [-0.2, -0.15) is 0 Å². The van der Waals surface area contributed by atoms with E-state index in [0.29, 0.717) is 0 Å². The third-order valence-electron chi connectivity index (χ3n) is 3.25. The van der Waals surface area contributed by atoms with Gasteiger partial charge >= 0.3 is 0 Å². The lowest BCUT2D eigenvalue weighted by atomic mass is 10.1. The summed E-state index contributed by atoms with van der Waals surface area (Å²) in [6.07, 6.45) is 5.09. The summed E-state index contributed by atoms with van der Waals surface area (Å²) < 4.78 is 5.32. The molecule has 0 aromatic heterocycles. The molecule has 0 bridgehead atoms. The number of methoxy groups -OCH3 is 1. The van der Waals surface area contributed by atoms with Crippen molar-refractivity contribution in [2.24, 2.45) is 0 Å². The molecule has 2 nitrogen and oxygen atoms in total. The van der Waals surface area contributed by atoms with Gasteiger partial charge in [-0.05, 0) is 63.0 Å². The van der Waals surface area contributed by atoms with Crippen LogP contribution in [0.5, 0.6) is 5.75 Å². The van der Waals surface area contributed by atoms with E-state index in [4.69, 9.17) is 4.74 Å². The van der Waals surface area contributed by atoms with E-state index in [0.717, 1.165) is 12.2 Å². The summed E-state index contributed by atoms with van der Waals surface area (Å²) in [5.74, 6) is 0.976. The van der Waals surface area contributed by atoms with Crippen LogP contribution < -0.4 is 4.74 Å². The van der Waals surface area contributed by atoms with Gasteiger partial charge in [0.2, 0.25) is 0 Å². The van der Waals surface area contributed by atoms with Crippen LogP contribution in [0.4, 0.5) is 0 Å². The van der Waals surface area contributed by atoms with Gasteiger partial charge in [0.25, 0.3) is 0 Å². The maximum Gasteiger partial charge on any atom is 0.122 e. The summed E-state index contributed by atoms with van der Waals surface area (Å²) >= 11 is 0. The second-order valence-corrected chi connectivity index (χ2v) is 4.39. The molecular weight excluding hydrogens is 198 g/mol. The Labute approximate surface area is 98.2 Å². The average molecular weight is 218 g/mol. The predicted octanol–water partition coefficient (Wildman–Crippen LogP) is 2.52. The summed E-state index contributed by atoms with van der Waals surface area (Å²) in [7, 11) is 1.73. The van der Waals surface area contributed by atoms with Crippen LogP contribution in [0.1, 0.15) is 24.8 Å². The molecule has 0 amide bonds. The van der Waals surface area contributed by atoms with Gasteiger partial charge in [-0.15, -0.1) is 0 Å². The highest BCUT2D eigenvalue weighted by Gasteiger charge is 2.10. The molecule has 0 unspecified atom stereocenters. The van der Waals surface area contributed by atoms with Crippen molar-refractivity contribution >= 4 is 0 Å². The van der Waals surface area contributed by atoms with Gasteiger partial charge in [0.05, 0.1) is 7.11 Å². The van der Waals surface area contributed by atoms with E-state index in [-0.39, 0.29) is 0 Å².